The van der Waals surface area contributed by atoms with Gasteiger partial charge in [-0.15, -0.1) is 18.4 Å². The molecular weight excluding hydrogens is 180 g/mol. The zero-order chi connectivity index (χ0) is 11.9. The predicted molar refractivity (Wildman–Crippen MR) is 69.6 cm³/mol. The number of allylic oxidation sites excluding steroid dienone is 3. The second-order valence-electron chi connectivity index (χ2n) is 4.99. The monoisotopic (exact) mass is 204 g/mol. The van der Waals surface area contributed by atoms with E-state index in [2.05, 4.69) is 64.3 Å². The molecule has 0 N–H and O–H groups in total. The molecule has 1 unspecified atom stereocenters. The molecule has 1 atom stereocenters. The molecule has 0 aliphatic rings. The maximum Gasteiger partial charge on any atom is 0.0188 e. The Morgan fingerprint density at radius 2 is 1.87 bits per heavy atom. The normalized spacial score (nSPS) is 15.5. The van der Waals surface area contributed by atoms with Crippen LogP contribution in [0.2, 0.25) is 0 Å². The van der Waals surface area contributed by atoms with Crippen molar-refractivity contribution in [2.24, 2.45) is 10.8 Å². The van der Waals surface area contributed by atoms with Crippen LogP contribution in [0.1, 0.15) is 47.5 Å². The van der Waals surface area contributed by atoms with Gasteiger partial charge in [-0.2, -0.15) is 0 Å². The molecule has 15 heavy (non-hydrogen) atoms. The van der Waals surface area contributed by atoms with E-state index in [0.29, 0.717) is 0 Å². The highest BCUT2D eigenvalue weighted by atomic mass is 14.4. The highest BCUT2D eigenvalue weighted by molar-refractivity contribution is 5.13. The molecular formula is C15H24. The summed E-state index contributed by atoms with van der Waals surface area (Å²) in [6.07, 6.45) is 8.30. The highest BCUT2D eigenvalue weighted by Gasteiger charge is 2.37. The molecule has 0 radical (unpaired) electrons. The topological polar surface area (TPSA) is 0 Å². The molecule has 0 fully saturated rings. The van der Waals surface area contributed by atoms with Crippen LogP contribution in [0.3, 0.4) is 0 Å². The standard InChI is InChI=1S/C15H24/c1-7-10-12-15(9-3,13-11-8-2)14(4,5)6/h7,9-10H,3,12-13H2,1-2,4-6H3. The number of hydrogen-bond donors (Lipinski definition) is 0. The Bertz CT molecular complexity index is 277. The maximum absolute atomic E-state index is 4.00. The molecule has 0 aromatic carbocycles. The minimum atomic E-state index is 0.0858. The van der Waals surface area contributed by atoms with Gasteiger partial charge in [0.1, 0.15) is 0 Å². The highest BCUT2D eigenvalue weighted by Crippen LogP contribution is 2.45. The van der Waals surface area contributed by atoms with Crippen LogP contribution in [0.5, 0.6) is 0 Å². The molecule has 0 nitrogen and oxygen atoms in total. The van der Waals surface area contributed by atoms with Crippen LogP contribution in [0.25, 0.3) is 0 Å². The van der Waals surface area contributed by atoms with Gasteiger partial charge < -0.3 is 0 Å². The van der Waals surface area contributed by atoms with Gasteiger partial charge in [0.15, 0.2) is 0 Å². The van der Waals surface area contributed by atoms with Crippen LogP contribution in [-0.2, 0) is 0 Å². The van der Waals surface area contributed by atoms with E-state index in [-0.39, 0.29) is 10.8 Å². The van der Waals surface area contributed by atoms with Crippen LogP contribution in [-0.4, -0.2) is 0 Å². The molecule has 0 saturated heterocycles. The summed E-state index contributed by atoms with van der Waals surface area (Å²) in [5.41, 5.74) is 0.278. The van der Waals surface area contributed by atoms with E-state index >= 15 is 0 Å². The molecule has 0 bridgehead atoms. The first-order chi connectivity index (χ1) is 6.93. The fourth-order valence-electron chi connectivity index (χ4n) is 1.68. The molecule has 0 amide bonds. The van der Waals surface area contributed by atoms with E-state index in [1.807, 2.05) is 6.92 Å². The van der Waals surface area contributed by atoms with Crippen molar-refractivity contribution in [3.05, 3.63) is 24.8 Å². The SMILES string of the molecule is C=CC(CC#CC)(CC=CC)C(C)(C)C. The van der Waals surface area contributed by atoms with Gasteiger partial charge in [-0.3, -0.25) is 0 Å². The average Bonchev–Trinajstić information content (AvgIpc) is 2.17. The molecule has 0 aliphatic heterocycles. The van der Waals surface area contributed by atoms with Gasteiger partial charge in [-0.05, 0) is 25.7 Å². The summed E-state index contributed by atoms with van der Waals surface area (Å²) in [6, 6.07) is 0. The van der Waals surface area contributed by atoms with Gasteiger partial charge in [-0.25, -0.2) is 0 Å². The minimum absolute atomic E-state index is 0.0858. The summed E-state index contributed by atoms with van der Waals surface area (Å²) >= 11 is 0. The smallest absolute Gasteiger partial charge is 0.0188 e. The lowest BCUT2D eigenvalue weighted by atomic mass is 9.63. The average molecular weight is 204 g/mol. The van der Waals surface area contributed by atoms with E-state index in [0.717, 1.165) is 12.8 Å². The van der Waals surface area contributed by atoms with Gasteiger partial charge in [0.05, 0.1) is 0 Å². The van der Waals surface area contributed by atoms with Crippen LogP contribution in [0, 0.1) is 22.7 Å². The Morgan fingerprint density at radius 3 is 2.20 bits per heavy atom. The Labute approximate surface area is 95.5 Å². The van der Waals surface area contributed by atoms with Crippen molar-refractivity contribution in [3.8, 4) is 11.8 Å². The van der Waals surface area contributed by atoms with Crippen molar-refractivity contribution in [2.75, 3.05) is 0 Å². The molecule has 0 heterocycles. The summed E-state index contributed by atoms with van der Waals surface area (Å²) in [7, 11) is 0. The summed E-state index contributed by atoms with van der Waals surface area (Å²) < 4.78 is 0. The van der Waals surface area contributed by atoms with E-state index < -0.39 is 0 Å². The van der Waals surface area contributed by atoms with Gasteiger partial charge in [0.25, 0.3) is 0 Å². The Kier molecular flexibility index (Phi) is 5.44. The van der Waals surface area contributed by atoms with Crippen molar-refractivity contribution in [1.29, 1.82) is 0 Å². The van der Waals surface area contributed by atoms with Crippen molar-refractivity contribution < 1.29 is 0 Å². The van der Waals surface area contributed by atoms with Crippen molar-refractivity contribution in [2.45, 2.75) is 47.5 Å². The maximum atomic E-state index is 4.00. The zero-order valence-electron chi connectivity index (χ0n) is 10.9. The van der Waals surface area contributed by atoms with Gasteiger partial charge >= 0.3 is 0 Å². The molecule has 0 aliphatic carbocycles. The summed E-state index contributed by atoms with van der Waals surface area (Å²) in [6.45, 7) is 14.7. The Morgan fingerprint density at radius 1 is 1.27 bits per heavy atom. The predicted octanol–water partition coefficient (Wildman–Crippen LogP) is 4.58. The van der Waals surface area contributed by atoms with Gasteiger partial charge in [0, 0.05) is 11.8 Å². The summed E-state index contributed by atoms with van der Waals surface area (Å²) in [4.78, 5) is 0. The minimum Gasteiger partial charge on any atom is -0.107 e. The van der Waals surface area contributed by atoms with E-state index in [4.69, 9.17) is 0 Å². The third-order valence-corrected chi connectivity index (χ3v) is 3.18. The lowest BCUT2D eigenvalue weighted by Gasteiger charge is -2.41. The molecule has 0 spiro atoms. The summed E-state index contributed by atoms with van der Waals surface area (Å²) in [5, 5.41) is 0. The quantitative estimate of drug-likeness (QED) is 0.464. The fourth-order valence-corrected chi connectivity index (χ4v) is 1.68. The van der Waals surface area contributed by atoms with Crippen molar-refractivity contribution >= 4 is 0 Å². The molecule has 0 heteroatoms. The fraction of sp³-hybridized carbons (Fsp3) is 0.600. The van der Waals surface area contributed by atoms with Crippen LogP contribution >= 0.6 is 0 Å². The molecule has 0 rings (SSSR count). The molecule has 84 valence electrons. The molecule has 0 aromatic rings. The first-order valence-electron chi connectivity index (χ1n) is 5.58. The third-order valence-electron chi connectivity index (χ3n) is 3.18. The Balaban J connectivity index is 5.06. The zero-order valence-corrected chi connectivity index (χ0v) is 10.9. The van der Waals surface area contributed by atoms with Gasteiger partial charge in [0.2, 0.25) is 0 Å². The number of rotatable bonds is 4. The van der Waals surface area contributed by atoms with E-state index in [1.165, 1.54) is 0 Å². The molecule has 0 aromatic heterocycles. The molecule has 0 saturated carbocycles. The van der Waals surface area contributed by atoms with E-state index in [9.17, 15) is 0 Å². The lowest BCUT2D eigenvalue weighted by molar-refractivity contribution is 0.154. The lowest BCUT2D eigenvalue weighted by Crippen LogP contribution is -2.33. The number of hydrogen-bond acceptors (Lipinski definition) is 0. The third kappa shape index (κ3) is 3.59. The second kappa shape index (κ2) is 5.81. The Hall–Kier alpha value is -0.960. The van der Waals surface area contributed by atoms with Crippen LogP contribution in [0.4, 0.5) is 0 Å². The summed E-state index contributed by atoms with van der Waals surface area (Å²) in [5.74, 6) is 6.18. The first kappa shape index (κ1) is 14.0. The van der Waals surface area contributed by atoms with E-state index in [1.54, 1.807) is 0 Å². The first-order valence-corrected chi connectivity index (χ1v) is 5.58. The second-order valence-corrected chi connectivity index (χ2v) is 4.99. The van der Waals surface area contributed by atoms with Gasteiger partial charge in [-0.1, -0.05) is 39.0 Å². The largest absolute Gasteiger partial charge is 0.107 e. The van der Waals surface area contributed by atoms with Crippen molar-refractivity contribution in [3.63, 3.8) is 0 Å². The van der Waals surface area contributed by atoms with Crippen LogP contribution < -0.4 is 0 Å². The van der Waals surface area contributed by atoms with Crippen molar-refractivity contribution in [1.82, 2.24) is 0 Å². The van der Waals surface area contributed by atoms with Crippen LogP contribution in [0.15, 0.2) is 24.8 Å².